The number of hydrogen-bond acceptors (Lipinski definition) is 7. The summed E-state index contributed by atoms with van der Waals surface area (Å²) in [5, 5.41) is 9.23. The lowest BCUT2D eigenvalue weighted by atomic mass is 9.98. The molecule has 0 unspecified atom stereocenters. The molecule has 3 heterocycles. The molecular weight excluding hydrogens is 508 g/mol. The van der Waals surface area contributed by atoms with Gasteiger partial charge >= 0.3 is 0 Å². The minimum Gasteiger partial charge on any atom is -0.493 e. The number of fused-ring (bicyclic) bond motifs is 2. The third kappa shape index (κ3) is 7.30. The van der Waals surface area contributed by atoms with Crippen molar-refractivity contribution in [3.05, 3.63) is 97.0 Å². The fourth-order valence-corrected chi connectivity index (χ4v) is 5.53. The number of anilines is 2. The SMILES string of the molecule is c1ccc(CCCNc2ncnc3cc(OCC4CCN(CCNc5cnc6ccccc6c5)CC4)ccc23)cc1. The third-order valence-corrected chi connectivity index (χ3v) is 7.93. The molecule has 0 spiro atoms. The van der Waals surface area contributed by atoms with Crippen LogP contribution in [0.2, 0.25) is 0 Å². The molecular formula is C34H38N6O. The lowest BCUT2D eigenvalue weighted by Crippen LogP contribution is -2.38. The first-order valence-corrected chi connectivity index (χ1v) is 14.8. The fourth-order valence-electron chi connectivity index (χ4n) is 5.53. The van der Waals surface area contributed by atoms with Gasteiger partial charge in [0, 0.05) is 36.5 Å². The van der Waals surface area contributed by atoms with Crippen molar-refractivity contribution < 1.29 is 4.74 Å². The average molecular weight is 547 g/mol. The van der Waals surface area contributed by atoms with Crippen LogP contribution in [0.5, 0.6) is 5.75 Å². The van der Waals surface area contributed by atoms with Gasteiger partial charge in [-0.2, -0.15) is 0 Å². The molecule has 3 aromatic carbocycles. The molecule has 7 heteroatoms. The van der Waals surface area contributed by atoms with Gasteiger partial charge in [0.2, 0.25) is 0 Å². The number of benzene rings is 3. The summed E-state index contributed by atoms with van der Waals surface area (Å²) >= 11 is 0. The van der Waals surface area contributed by atoms with Gasteiger partial charge in [0.1, 0.15) is 17.9 Å². The first-order valence-electron chi connectivity index (χ1n) is 14.8. The smallest absolute Gasteiger partial charge is 0.137 e. The predicted molar refractivity (Wildman–Crippen MR) is 168 cm³/mol. The van der Waals surface area contributed by atoms with Crippen molar-refractivity contribution in [2.75, 3.05) is 50.0 Å². The van der Waals surface area contributed by atoms with E-state index in [2.05, 4.69) is 85.1 Å². The minimum atomic E-state index is 0.576. The molecule has 7 nitrogen and oxygen atoms in total. The molecule has 0 aliphatic carbocycles. The van der Waals surface area contributed by atoms with Gasteiger partial charge in [-0.3, -0.25) is 4.98 Å². The molecule has 5 aromatic rings. The van der Waals surface area contributed by atoms with Crippen LogP contribution in [-0.4, -0.2) is 59.2 Å². The molecule has 1 aliphatic heterocycles. The number of aromatic nitrogens is 3. The number of hydrogen-bond donors (Lipinski definition) is 2. The van der Waals surface area contributed by atoms with Crippen LogP contribution in [0.4, 0.5) is 11.5 Å². The number of nitrogens with zero attached hydrogens (tertiary/aromatic N) is 4. The Morgan fingerprint density at radius 1 is 0.805 bits per heavy atom. The van der Waals surface area contributed by atoms with Crippen LogP contribution < -0.4 is 15.4 Å². The van der Waals surface area contributed by atoms with Gasteiger partial charge in [-0.1, -0.05) is 48.5 Å². The van der Waals surface area contributed by atoms with E-state index in [4.69, 9.17) is 4.74 Å². The number of rotatable bonds is 12. The Bertz CT molecular complexity index is 1550. The number of likely N-dealkylation sites (tertiary alicyclic amines) is 1. The maximum Gasteiger partial charge on any atom is 0.137 e. The van der Waals surface area contributed by atoms with Crippen LogP contribution in [-0.2, 0) is 6.42 Å². The van der Waals surface area contributed by atoms with Gasteiger partial charge in [0.05, 0.1) is 29.5 Å². The third-order valence-electron chi connectivity index (χ3n) is 7.93. The highest BCUT2D eigenvalue weighted by atomic mass is 16.5. The zero-order valence-corrected chi connectivity index (χ0v) is 23.5. The van der Waals surface area contributed by atoms with E-state index in [0.717, 1.165) is 98.7 Å². The molecule has 1 fully saturated rings. The van der Waals surface area contributed by atoms with E-state index in [1.54, 1.807) is 6.33 Å². The van der Waals surface area contributed by atoms with E-state index in [9.17, 15) is 0 Å². The summed E-state index contributed by atoms with van der Waals surface area (Å²) in [7, 11) is 0. The minimum absolute atomic E-state index is 0.576. The van der Waals surface area contributed by atoms with Gasteiger partial charge in [0.15, 0.2) is 0 Å². The van der Waals surface area contributed by atoms with E-state index in [0.29, 0.717) is 5.92 Å². The van der Waals surface area contributed by atoms with Crippen LogP contribution in [0.25, 0.3) is 21.8 Å². The Hall–Kier alpha value is -4.23. The van der Waals surface area contributed by atoms with Crippen molar-refractivity contribution in [3.8, 4) is 5.75 Å². The van der Waals surface area contributed by atoms with Crippen molar-refractivity contribution in [1.82, 2.24) is 19.9 Å². The van der Waals surface area contributed by atoms with Gasteiger partial charge in [0.25, 0.3) is 0 Å². The summed E-state index contributed by atoms with van der Waals surface area (Å²) in [6, 6.07) is 27.2. The van der Waals surface area contributed by atoms with E-state index < -0.39 is 0 Å². The summed E-state index contributed by atoms with van der Waals surface area (Å²) in [6.07, 6.45) is 7.97. The highest BCUT2D eigenvalue weighted by Gasteiger charge is 2.19. The molecule has 2 aromatic heterocycles. The molecule has 0 bridgehead atoms. The average Bonchev–Trinajstić information content (AvgIpc) is 3.03. The second-order valence-corrected chi connectivity index (χ2v) is 10.9. The molecule has 0 radical (unpaired) electrons. The van der Waals surface area contributed by atoms with Crippen molar-refractivity contribution in [3.63, 3.8) is 0 Å². The Labute approximate surface area is 242 Å². The maximum absolute atomic E-state index is 6.23. The number of para-hydroxylation sites is 1. The van der Waals surface area contributed by atoms with Crippen LogP contribution in [0, 0.1) is 5.92 Å². The summed E-state index contributed by atoms with van der Waals surface area (Å²) in [5.74, 6) is 2.34. The number of piperidine rings is 1. The van der Waals surface area contributed by atoms with Crippen molar-refractivity contribution in [1.29, 1.82) is 0 Å². The predicted octanol–water partition coefficient (Wildman–Crippen LogP) is 6.43. The monoisotopic (exact) mass is 546 g/mol. The van der Waals surface area contributed by atoms with E-state index in [-0.39, 0.29) is 0 Å². The van der Waals surface area contributed by atoms with Crippen molar-refractivity contribution in [2.45, 2.75) is 25.7 Å². The van der Waals surface area contributed by atoms with E-state index >= 15 is 0 Å². The van der Waals surface area contributed by atoms with Crippen LogP contribution in [0.3, 0.4) is 0 Å². The Morgan fingerprint density at radius 3 is 2.56 bits per heavy atom. The number of aryl methyl sites for hydroxylation is 1. The fraction of sp³-hybridized carbons (Fsp3) is 0.324. The summed E-state index contributed by atoms with van der Waals surface area (Å²) < 4.78 is 6.23. The Kier molecular flexibility index (Phi) is 8.82. The van der Waals surface area contributed by atoms with Crippen LogP contribution >= 0.6 is 0 Å². The summed E-state index contributed by atoms with van der Waals surface area (Å²) in [4.78, 5) is 16.1. The zero-order chi connectivity index (χ0) is 27.7. The molecule has 2 N–H and O–H groups in total. The molecule has 41 heavy (non-hydrogen) atoms. The second-order valence-electron chi connectivity index (χ2n) is 10.9. The van der Waals surface area contributed by atoms with Gasteiger partial charge in [-0.15, -0.1) is 0 Å². The van der Waals surface area contributed by atoms with Gasteiger partial charge in [-0.25, -0.2) is 9.97 Å². The summed E-state index contributed by atoms with van der Waals surface area (Å²) in [5.41, 5.74) is 4.39. The van der Waals surface area contributed by atoms with Gasteiger partial charge in [-0.05, 0) is 74.5 Å². The van der Waals surface area contributed by atoms with Crippen LogP contribution in [0.1, 0.15) is 24.8 Å². The molecule has 210 valence electrons. The maximum atomic E-state index is 6.23. The molecule has 0 saturated carbocycles. The Balaban J connectivity index is 0.921. The number of ether oxygens (including phenoxy) is 1. The van der Waals surface area contributed by atoms with Gasteiger partial charge < -0.3 is 20.3 Å². The molecule has 1 saturated heterocycles. The van der Waals surface area contributed by atoms with Crippen molar-refractivity contribution in [2.24, 2.45) is 5.92 Å². The molecule has 0 atom stereocenters. The topological polar surface area (TPSA) is 75.2 Å². The molecule has 1 aliphatic rings. The summed E-state index contributed by atoms with van der Waals surface area (Å²) in [6.45, 7) is 5.79. The van der Waals surface area contributed by atoms with Crippen LogP contribution in [0.15, 0.2) is 91.4 Å². The van der Waals surface area contributed by atoms with E-state index in [1.165, 1.54) is 10.9 Å². The highest BCUT2D eigenvalue weighted by molar-refractivity contribution is 5.89. The lowest BCUT2D eigenvalue weighted by Gasteiger charge is -2.31. The number of nitrogens with one attached hydrogen (secondary N) is 2. The molecule has 6 rings (SSSR count). The molecule has 0 amide bonds. The lowest BCUT2D eigenvalue weighted by molar-refractivity contribution is 0.145. The highest BCUT2D eigenvalue weighted by Crippen LogP contribution is 2.25. The van der Waals surface area contributed by atoms with Crippen molar-refractivity contribution >= 4 is 33.3 Å². The zero-order valence-electron chi connectivity index (χ0n) is 23.5. The number of pyridine rings is 1. The standard InChI is InChI=1S/C34H38N6O/c1-2-7-26(8-3-1)9-6-16-36-34-31-13-12-30(22-33(31)38-25-39-34)41-24-27-14-18-40(19-15-27)20-17-35-29-21-28-10-4-5-11-32(28)37-23-29/h1-5,7-8,10-13,21-23,25,27,35H,6,9,14-20,24H2,(H,36,38,39). The largest absolute Gasteiger partial charge is 0.493 e. The Morgan fingerprint density at radius 2 is 1.66 bits per heavy atom. The normalized spacial score (nSPS) is 14.3. The quantitative estimate of drug-likeness (QED) is 0.175. The van der Waals surface area contributed by atoms with E-state index in [1.807, 2.05) is 30.5 Å². The first-order chi connectivity index (χ1) is 20.3. The second kappa shape index (κ2) is 13.4. The first kappa shape index (κ1) is 27.0.